The van der Waals surface area contributed by atoms with Gasteiger partial charge in [-0.25, -0.2) is 4.98 Å². The summed E-state index contributed by atoms with van der Waals surface area (Å²) in [5.41, 5.74) is 2.05. The fourth-order valence-corrected chi connectivity index (χ4v) is 3.59. The van der Waals surface area contributed by atoms with Crippen molar-refractivity contribution < 1.29 is 14.7 Å². The van der Waals surface area contributed by atoms with Crippen molar-refractivity contribution in [2.75, 3.05) is 6.54 Å². The highest BCUT2D eigenvalue weighted by Gasteiger charge is 2.27. The zero-order valence-corrected chi connectivity index (χ0v) is 14.9. The van der Waals surface area contributed by atoms with Crippen LogP contribution in [0.2, 0.25) is 0 Å². The van der Waals surface area contributed by atoms with E-state index in [1.54, 1.807) is 12.5 Å². The third-order valence-electron chi connectivity index (χ3n) is 4.97. The zero-order chi connectivity index (χ0) is 18.4. The molecule has 1 atom stereocenters. The number of imidazole rings is 1. The highest BCUT2D eigenvalue weighted by molar-refractivity contribution is 5.79. The van der Waals surface area contributed by atoms with Crippen LogP contribution in [0.1, 0.15) is 43.4 Å². The van der Waals surface area contributed by atoms with Gasteiger partial charge in [-0.1, -0.05) is 30.3 Å². The molecule has 1 aliphatic heterocycles. The molecule has 0 saturated carbocycles. The Hall–Kier alpha value is -2.63. The van der Waals surface area contributed by atoms with Gasteiger partial charge in [0, 0.05) is 37.4 Å². The van der Waals surface area contributed by atoms with E-state index in [0.29, 0.717) is 19.4 Å². The maximum Gasteiger partial charge on any atom is 0.303 e. The van der Waals surface area contributed by atoms with Crippen LogP contribution in [0.25, 0.3) is 0 Å². The van der Waals surface area contributed by atoms with Crippen LogP contribution in [0.3, 0.4) is 0 Å². The summed E-state index contributed by atoms with van der Waals surface area (Å²) in [6.07, 6.45) is 7.38. The van der Waals surface area contributed by atoms with Gasteiger partial charge in [-0.3, -0.25) is 9.59 Å². The predicted molar refractivity (Wildman–Crippen MR) is 97.7 cm³/mol. The molecule has 1 fully saturated rings. The van der Waals surface area contributed by atoms with Crippen LogP contribution < -0.4 is 0 Å². The van der Waals surface area contributed by atoms with Gasteiger partial charge in [-0.15, -0.1) is 0 Å². The standard InChI is InChI=1S/C20H25N3O3/c24-19(23-11-5-4-8-17(23)9-10-20(25)26)12-18-13-21-15-22(18)14-16-6-2-1-3-7-16/h1-3,6-7,13,15,17H,4-5,8-12,14H2,(H,25,26). The zero-order valence-electron chi connectivity index (χ0n) is 14.9. The van der Waals surface area contributed by atoms with Gasteiger partial charge in [0.15, 0.2) is 0 Å². The maximum absolute atomic E-state index is 12.9. The second kappa shape index (κ2) is 8.65. The number of amides is 1. The highest BCUT2D eigenvalue weighted by atomic mass is 16.4. The predicted octanol–water partition coefficient (Wildman–Crippen LogP) is 2.72. The fourth-order valence-electron chi connectivity index (χ4n) is 3.59. The second-order valence-corrected chi connectivity index (χ2v) is 6.84. The van der Waals surface area contributed by atoms with E-state index in [4.69, 9.17) is 5.11 Å². The Labute approximate surface area is 153 Å². The Morgan fingerprint density at radius 3 is 2.77 bits per heavy atom. The monoisotopic (exact) mass is 355 g/mol. The maximum atomic E-state index is 12.9. The van der Waals surface area contributed by atoms with Crippen LogP contribution in [-0.4, -0.2) is 44.0 Å². The van der Waals surface area contributed by atoms with Gasteiger partial charge in [0.05, 0.1) is 12.7 Å². The lowest BCUT2D eigenvalue weighted by Gasteiger charge is -2.35. The van der Waals surface area contributed by atoms with Gasteiger partial charge in [0.1, 0.15) is 0 Å². The van der Waals surface area contributed by atoms with Crippen molar-refractivity contribution in [2.24, 2.45) is 0 Å². The lowest BCUT2D eigenvalue weighted by molar-refractivity contribution is -0.139. The average Bonchev–Trinajstić information content (AvgIpc) is 3.07. The van der Waals surface area contributed by atoms with E-state index < -0.39 is 5.97 Å². The molecular formula is C20H25N3O3. The number of hydrogen-bond donors (Lipinski definition) is 1. The number of likely N-dealkylation sites (tertiary alicyclic amines) is 1. The van der Waals surface area contributed by atoms with E-state index >= 15 is 0 Å². The minimum atomic E-state index is -0.802. The number of carbonyl (C=O) groups is 2. The van der Waals surface area contributed by atoms with Gasteiger partial charge in [0.25, 0.3) is 0 Å². The number of benzene rings is 1. The molecule has 1 aromatic heterocycles. The molecule has 1 aromatic carbocycles. The SMILES string of the molecule is O=C(O)CCC1CCCCN1C(=O)Cc1cncn1Cc1ccccc1. The molecule has 3 rings (SSSR count). The van der Waals surface area contributed by atoms with Gasteiger partial charge >= 0.3 is 5.97 Å². The summed E-state index contributed by atoms with van der Waals surface area (Å²) in [4.78, 5) is 29.8. The van der Waals surface area contributed by atoms with E-state index in [1.807, 2.05) is 27.7 Å². The summed E-state index contributed by atoms with van der Waals surface area (Å²) >= 11 is 0. The third-order valence-corrected chi connectivity index (χ3v) is 4.97. The second-order valence-electron chi connectivity index (χ2n) is 6.84. The van der Waals surface area contributed by atoms with Gasteiger partial charge in [-0.05, 0) is 31.2 Å². The molecule has 1 amide bonds. The average molecular weight is 355 g/mol. The van der Waals surface area contributed by atoms with E-state index in [1.165, 1.54) is 0 Å². The summed E-state index contributed by atoms with van der Waals surface area (Å²) in [6, 6.07) is 10.1. The van der Waals surface area contributed by atoms with Crippen molar-refractivity contribution in [1.29, 1.82) is 0 Å². The van der Waals surface area contributed by atoms with E-state index in [9.17, 15) is 9.59 Å². The molecule has 6 heteroatoms. The van der Waals surface area contributed by atoms with Gasteiger partial charge < -0.3 is 14.6 Å². The summed E-state index contributed by atoms with van der Waals surface area (Å²) in [7, 11) is 0. The number of aromatic nitrogens is 2. The van der Waals surface area contributed by atoms with Crippen molar-refractivity contribution in [3.63, 3.8) is 0 Å². The van der Waals surface area contributed by atoms with E-state index in [-0.39, 0.29) is 18.4 Å². The number of rotatable bonds is 7. The minimum Gasteiger partial charge on any atom is -0.481 e. The minimum absolute atomic E-state index is 0.0397. The van der Waals surface area contributed by atoms with E-state index in [0.717, 1.165) is 37.1 Å². The van der Waals surface area contributed by atoms with E-state index in [2.05, 4.69) is 17.1 Å². The number of carboxylic acid groups (broad SMARTS) is 1. The first kappa shape index (κ1) is 18.2. The molecule has 1 unspecified atom stereocenters. The quantitative estimate of drug-likeness (QED) is 0.829. The number of carbonyl (C=O) groups excluding carboxylic acids is 1. The number of hydrogen-bond acceptors (Lipinski definition) is 3. The van der Waals surface area contributed by atoms with Crippen molar-refractivity contribution in [1.82, 2.24) is 14.5 Å². The molecule has 2 aromatic rings. The topological polar surface area (TPSA) is 75.4 Å². The first-order valence-corrected chi connectivity index (χ1v) is 9.17. The van der Waals surface area contributed by atoms with Crippen LogP contribution in [0.4, 0.5) is 0 Å². The van der Waals surface area contributed by atoms with Gasteiger partial charge in [0.2, 0.25) is 5.91 Å². The molecule has 26 heavy (non-hydrogen) atoms. The lowest BCUT2D eigenvalue weighted by Crippen LogP contribution is -2.44. The number of carboxylic acids is 1. The molecular weight excluding hydrogens is 330 g/mol. The molecule has 1 aliphatic rings. The first-order valence-electron chi connectivity index (χ1n) is 9.17. The Morgan fingerprint density at radius 1 is 1.19 bits per heavy atom. The van der Waals surface area contributed by atoms with Crippen LogP contribution in [0.5, 0.6) is 0 Å². The number of aliphatic carboxylic acids is 1. The van der Waals surface area contributed by atoms with Crippen LogP contribution in [-0.2, 0) is 22.6 Å². The van der Waals surface area contributed by atoms with Crippen molar-refractivity contribution in [3.8, 4) is 0 Å². The molecule has 0 bridgehead atoms. The van der Waals surface area contributed by atoms with Crippen LogP contribution in [0, 0.1) is 0 Å². The Bertz CT molecular complexity index is 742. The molecule has 0 aliphatic carbocycles. The van der Waals surface area contributed by atoms with Crippen LogP contribution >= 0.6 is 0 Å². The smallest absolute Gasteiger partial charge is 0.303 e. The summed E-state index contributed by atoms with van der Waals surface area (Å²) < 4.78 is 2.00. The first-order chi connectivity index (χ1) is 12.6. The molecule has 1 saturated heterocycles. The summed E-state index contributed by atoms with van der Waals surface area (Å²) in [5, 5.41) is 8.94. The third kappa shape index (κ3) is 4.71. The summed E-state index contributed by atoms with van der Waals surface area (Å²) in [5.74, 6) is -0.737. The number of piperidine rings is 1. The Kier molecular flexibility index (Phi) is 6.04. The fraction of sp³-hybridized carbons (Fsp3) is 0.450. The van der Waals surface area contributed by atoms with Crippen molar-refractivity contribution >= 4 is 11.9 Å². The van der Waals surface area contributed by atoms with Gasteiger partial charge in [-0.2, -0.15) is 0 Å². The number of nitrogens with zero attached hydrogens (tertiary/aromatic N) is 3. The summed E-state index contributed by atoms with van der Waals surface area (Å²) in [6.45, 7) is 1.40. The highest BCUT2D eigenvalue weighted by Crippen LogP contribution is 2.22. The molecule has 1 N–H and O–H groups in total. The Morgan fingerprint density at radius 2 is 2.00 bits per heavy atom. The van der Waals surface area contributed by atoms with Crippen LogP contribution in [0.15, 0.2) is 42.9 Å². The normalized spacial score (nSPS) is 17.2. The molecule has 2 heterocycles. The van der Waals surface area contributed by atoms with Crippen molar-refractivity contribution in [3.05, 3.63) is 54.1 Å². The molecule has 138 valence electrons. The molecule has 0 spiro atoms. The lowest BCUT2D eigenvalue weighted by atomic mass is 9.97. The Balaban J connectivity index is 1.65. The van der Waals surface area contributed by atoms with Crippen molar-refractivity contribution in [2.45, 2.75) is 51.1 Å². The molecule has 6 nitrogen and oxygen atoms in total. The largest absolute Gasteiger partial charge is 0.481 e. The molecule has 0 radical (unpaired) electrons.